The quantitative estimate of drug-likeness (QED) is 0.425. The number of ether oxygens (including phenoxy) is 4. The number of nitrogens with one attached hydrogen (secondary N) is 1. The van der Waals surface area contributed by atoms with Gasteiger partial charge in [0, 0.05) is 19.5 Å². The molecule has 0 aliphatic heterocycles. The van der Waals surface area contributed by atoms with Crippen LogP contribution in [0, 0.1) is 0 Å². The van der Waals surface area contributed by atoms with E-state index >= 15 is 0 Å². The van der Waals surface area contributed by atoms with Gasteiger partial charge in [0.05, 0.1) is 14.2 Å². The Morgan fingerprint density at radius 1 is 1.03 bits per heavy atom. The third-order valence-electron chi connectivity index (χ3n) is 4.16. The number of hydrogen-bond acceptors (Lipinski definition) is 8. The van der Waals surface area contributed by atoms with E-state index < -0.39 is 35.8 Å². The summed E-state index contributed by atoms with van der Waals surface area (Å²) in [4.78, 5) is 49.8. The molecule has 0 saturated carbocycles. The molecule has 0 radical (unpaired) electrons. The Morgan fingerprint density at radius 3 is 2.25 bits per heavy atom. The molecule has 0 aliphatic carbocycles. The van der Waals surface area contributed by atoms with Crippen LogP contribution in [0.2, 0.25) is 0 Å². The highest BCUT2D eigenvalue weighted by Gasteiger charge is 2.32. The zero-order chi connectivity index (χ0) is 24.1. The predicted octanol–water partition coefficient (Wildman–Crippen LogP) is 2.64. The van der Waals surface area contributed by atoms with E-state index in [4.69, 9.17) is 14.2 Å². The Morgan fingerprint density at radius 2 is 1.69 bits per heavy atom. The predicted molar refractivity (Wildman–Crippen MR) is 115 cm³/mol. The fraction of sp³-hybridized carbons (Fsp3) is 0.545. The standard InChI is InChI=1S/C22H32N2O8/c1-22(2,3)32-20(27)23-13-14-24(17(19(26)30-5)11-12-18(25)29-4)21(28)31-15-16-9-7-6-8-10-16/h6-10,17H,11-15H2,1-5H3,(H,23,27). The van der Waals surface area contributed by atoms with Crippen LogP contribution in [0.4, 0.5) is 9.59 Å². The van der Waals surface area contributed by atoms with Gasteiger partial charge in [-0.1, -0.05) is 30.3 Å². The maximum atomic E-state index is 12.8. The van der Waals surface area contributed by atoms with E-state index in [-0.39, 0.29) is 32.5 Å². The van der Waals surface area contributed by atoms with Gasteiger partial charge in [-0.3, -0.25) is 9.69 Å². The molecule has 1 atom stereocenters. The smallest absolute Gasteiger partial charge is 0.410 e. The van der Waals surface area contributed by atoms with Crippen LogP contribution in [0.25, 0.3) is 0 Å². The minimum Gasteiger partial charge on any atom is -0.469 e. The van der Waals surface area contributed by atoms with Crippen molar-refractivity contribution in [2.45, 2.75) is 51.9 Å². The van der Waals surface area contributed by atoms with Gasteiger partial charge in [0.15, 0.2) is 0 Å². The second-order valence-corrected chi connectivity index (χ2v) is 7.82. The zero-order valence-electron chi connectivity index (χ0n) is 19.2. The summed E-state index contributed by atoms with van der Waals surface area (Å²) in [7, 11) is 2.41. The number of carbonyl (C=O) groups is 4. The average molecular weight is 453 g/mol. The first kappa shape index (κ1) is 26.7. The Bertz CT molecular complexity index is 761. The summed E-state index contributed by atoms with van der Waals surface area (Å²) in [5.74, 6) is -1.26. The van der Waals surface area contributed by atoms with E-state index in [9.17, 15) is 19.2 Å². The largest absolute Gasteiger partial charge is 0.469 e. The van der Waals surface area contributed by atoms with Gasteiger partial charge in [0.25, 0.3) is 0 Å². The van der Waals surface area contributed by atoms with E-state index in [1.807, 2.05) is 6.07 Å². The average Bonchev–Trinajstić information content (AvgIpc) is 2.75. The van der Waals surface area contributed by atoms with Crippen molar-refractivity contribution >= 4 is 24.1 Å². The van der Waals surface area contributed by atoms with E-state index in [0.717, 1.165) is 10.5 Å². The molecule has 0 heterocycles. The number of hydrogen-bond donors (Lipinski definition) is 1. The van der Waals surface area contributed by atoms with Crippen molar-refractivity contribution in [2.75, 3.05) is 27.3 Å². The lowest BCUT2D eigenvalue weighted by Crippen LogP contribution is -2.49. The molecule has 178 valence electrons. The van der Waals surface area contributed by atoms with Crippen molar-refractivity contribution in [1.82, 2.24) is 10.2 Å². The molecular weight excluding hydrogens is 420 g/mol. The lowest BCUT2D eigenvalue weighted by Gasteiger charge is -2.29. The summed E-state index contributed by atoms with van der Waals surface area (Å²) in [6.07, 6.45) is -1.61. The lowest BCUT2D eigenvalue weighted by atomic mass is 10.1. The van der Waals surface area contributed by atoms with Gasteiger partial charge < -0.3 is 24.3 Å². The minimum atomic E-state index is -1.11. The first-order chi connectivity index (χ1) is 15.1. The second kappa shape index (κ2) is 13.2. The molecule has 1 N–H and O–H groups in total. The minimum absolute atomic E-state index is 0.0128. The molecule has 0 aliphatic rings. The topological polar surface area (TPSA) is 120 Å². The maximum Gasteiger partial charge on any atom is 0.410 e. The fourth-order valence-electron chi connectivity index (χ4n) is 2.66. The molecule has 10 heteroatoms. The SMILES string of the molecule is COC(=O)CCC(C(=O)OC)N(CCNC(=O)OC(C)(C)C)C(=O)OCc1ccccc1. The van der Waals surface area contributed by atoms with Crippen LogP contribution in [0.3, 0.4) is 0 Å². The molecule has 1 rings (SSSR count). The molecule has 1 aromatic rings. The highest BCUT2D eigenvalue weighted by molar-refractivity contribution is 5.82. The number of alkyl carbamates (subject to hydrolysis) is 1. The van der Waals surface area contributed by atoms with Crippen molar-refractivity contribution in [2.24, 2.45) is 0 Å². The molecule has 2 amide bonds. The summed E-state index contributed by atoms with van der Waals surface area (Å²) < 4.78 is 20.0. The Labute approximate surface area is 188 Å². The van der Waals surface area contributed by atoms with Crippen LogP contribution in [-0.2, 0) is 35.1 Å². The third-order valence-corrected chi connectivity index (χ3v) is 4.16. The normalized spacial score (nSPS) is 11.7. The molecule has 1 unspecified atom stereocenters. The fourth-order valence-corrected chi connectivity index (χ4v) is 2.66. The van der Waals surface area contributed by atoms with Crippen molar-refractivity contribution in [1.29, 1.82) is 0 Å². The van der Waals surface area contributed by atoms with E-state index in [0.29, 0.717) is 0 Å². The highest BCUT2D eigenvalue weighted by atomic mass is 16.6. The van der Waals surface area contributed by atoms with Gasteiger partial charge >= 0.3 is 24.1 Å². The van der Waals surface area contributed by atoms with Crippen molar-refractivity contribution < 1.29 is 38.1 Å². The number of amides is 2. The van der Waals surface area contributed by atoms with Gasteiger partial charge in [-0.05, 0) is 32.8 Å². The van der Waals surface area contributed by atoms with E-state index in [1.54, 1.807) is 45.0 Å². The molecular formula is C22H32N2O8. The first-order valence-electron chi connectivity index (χ1n) is 10.2. The van der Waals surface area contributed by atoms with Gasteiger partial charge in [-0.25, -0.2) is 14.4 Å². The van der Waals surface area contributed by atoms with E-state index in [2.05, 4.69) is 10.1 Å². The number of rotatable bonds is 10. The Kier molecular flexibility index (Phi) is 11.0. The van der Waals surface area contributed by atoms with Gasteiger partial charge in [-0.2, -0.15) is 0 Å². The number of nitrogens with zero attached hydrogens (tertiary/aromatic N) is 1. The van der Waals surface area contributed by atoms with Crippen LogP contribution in [0.15, 0.2) is 30.3 Å². The number of carbonyl (C=O) groups excluding carboxylic acids is 4. The van der Waals surface area contributed by atoms with Crippen molar-refractivity contribution in [3.63, 3.8) is 0 Å². The summed E-state index contributed by atoms with van der Waals surface area (Å²) in [5, 5.41) is 2.53. The zero-order valence-corrected chi connectivity index (χ0v) is 19.2. The number of methoxy groups -OCH3 is 2. The molecule has 0 saturated heterocycles. The first-order valence-corrected chi connectivity index (χ1v) is 10.2. The van der Waals surface area contributed by atoms with Crippen LogP contribution in [0.1, 0.15) is 39.2 Å². The van der Waals surface area contributed by atoms with Crippen LogP contribution in [0.5, 0.6) is 0 Å². The highest BCUT2D eigenvalue weighted by Crippen LogP contribution is 2.13. The molecule has 0 bridgehead atoms. The summed E-state index contributed by atoms with van der Waals surface area (Å²) >= 11 is 0. The molecule has 32 heavy (non-hydrogen) atoms. The summed E-state index contributed by atoms with van der Waals surface area (Å²) in [6.45, 7) is 5.06. The van der Waals surface area contributed by atoms with Crippen molar-refractivity contribution in [3.05, 3.63) is 35.9 Å². The summed E-state index contributed by atoms with van der Waals surface area (Å²) in [6, 6.07) is 7.91. The van der Waals surface area contributed by atoms with Gasteiger partial charge in [0.1, 0.15) is 18.2 Å². The van der Waals surface area contributed by atoms with Crippen LogP contribution in [-0.4, -0.2) is 68.0 Å². The molecule has 1 aromatic carbocycles. The van der Waals surface area contributed by atoms with Crippen molar-refractivity contribution in [3.8, 4) is 0 Å². The number of benzene rings is 1. The Hall–Kier alpha value is -3.30. The number of esters is 2. The molecule has 10 nitrogen and oxygen atoms in total. The second-order valence-electron chi connectivity index (χ2n) is 7.82. The van der Waals surface area contributed by atoms with Crippen LogP contribution < -0.4 is 5.32 Å². The third kappa shape index (κ3) is 10.1. The van der Waals surface area contributed by atoms with Gasteiger partial charge in [0.2, 0.25) is 0 Å². The van der Waals surface area contributed by atoms with E-state index in [1.165, 1.54) is 14.2 Å². The lowest BCUT2D eigenvalue weighted by molar-refractivity contribution is -0.147. The molecule has 0 spiro atoms. The van der Waals surface area contributed by atoms with Crippen LogP contribution >= 0.6 is 0 Å². The monoisotopic (exact) mass is 452 g/mol. The molecule has 0 fully saturated rings. The maximum absolute atomic E-state index is 12.8. The Balaban J connectivity index is 2.91. The molecule has 0 aromatic heterocycles. The van der Waals surface area contributed by atoms with Gasteiger partial charge in [-0.15, -0.1) is 0 Å². The summed E-state index contributed by atoms with van der Waals surface area (Å²) in [5.41, 5.74) is 0.0739.